The zero-order valence-electron chi connectivity index (χ0n) is 11.2. The van der Waals surface area contributed by atoms with Crippen molar-refractivity contribution in [3.63, 3.8) is 0 Å². The van der Waals surface area contributed by atoms with Gasteiger partial charge in [0.1, 0.15) is 6.07 Å². The maximum atomic E-state index is 9.15. The van der Waals surface area contributed by atoms with Gasteiger partial charge in [-0.2, -0.15) is 5.26 Å². The number of nitrogens with zero attached hydrogens (tertiary/aromatic N) is 1. The maximum Gasteiger partial charge on any atom is 0.175 e. The summed E-state index contributed by atoms with van der Waals surface area (Å²) < 4.78 is 0. The molecule has 3 nitrogen and oxygen atoms in total. The van der Waals surface area contributed by atoms with Crippen molar-refractivity contribution in [3.8, 4) is 6.07 Å². The van der Waals surface area contributed by atoms with E-state index in [4.69, 9.17) is 17.5 Å². The number of rotatable bonds is 6. The Morgan fingerprint density at radius 2 is 2.11 bits per heavy atom. The van der Waals surface area contributed by atoms with E-state index in [9.17, 15) is 0 Å². The first-order chi connectivity index (χ1) is 8.58. The monoisotopic (exact) mass is 263 g/mol. The SMILES string of the molecule is C=C1NC(=S)NC(C[C@H](C)CCCCC)=C1C#N. The molecule has 1 heterocycles. The Morgan fingerprint density at radius 3 is 2.72 bits per heavy atom. The molecule has 1 aliphatic rings. The van der Waals surface area contributed by atoms with E-state index in [1.807, 2.05) is 0 Å². The molecule has 0 spiro atoms. The third kappa shape index (κ3) is 4.15. The molecule has 4 heteroatoms. The van der Waals surface area contributed by atoms with Gasteiger partial charge in [0, 0.05) is 5.70 Å². The summed E-state index contributed by atoms with van der Waals surface area (Å²) in [6.45, 7) is 8.25. The second kappa shape index (κ2) is 7.17. The Morgan fingerprint density at radius 1 is 1.39 bits per heavy atom. The first-order valence-electron chi connectivity index (χ1n) is 6.49. The van der Waals surface area contributed by atoms with E-state index in [-0.39, 0.29) is 0 Å². The molecule has 1 atom stereocenters. The smallest absolute Gasteiger partial charge is 0.175 e. The van der Waals surface area contributed by atoms with E-state index in [1.54, 1.807) is 0 Å². The topological polar surface area (TPSA) is 47.8 Å². The van der Waals surface area contributed by atoms with Gasteiger partial charge in [-0.1, -0.05) is 46.1 Å². The Hall–Kier alpha value is -1.34. The zero-order valence-corrected chi connectivity index (χ0v) is 12.0. The number of hydrogen-bond acceptors (Lipinski definition) is 2. The summed E-state index contributed by atoms with van der Waals surface area (Å²) in [7, 11) is 0. The average molecular weight is 263 g/mol. The van der Waals surface area contributed by atoms with Crippen LogP contribution in [0, 0.1) is 17.2 Å². The standard InChI is InChI=1S/C14H21N3S/c1-4-5-6-7-10(2)8-13-12(9-15)11(3)16-14(18)17-13/h10H,3-8H2,1-2H3,(H2,16,17,18)/t10-/m1/s1. The van der Waals surface area contributed by atoms with Gasteiger partial charge in [0.05, 0.1) is 11.3 Å². The molecule has 0 saturated heterocycles. The molecular formula is C14H21N3S. The fraction of sp³-hybridized carbons (Fsp3) is 0.571. The van der Waals surface area contributed by atoms with E-state index in [0.717, 1.165) is 12.1 Å². The van der Waals surface area contributed by atoms with Crippen LogP contribution in [-0.2, 0) is 0 Å². The first-order valence-corrected chi connectivity index (χ1v) is 6.89. The molecule has 0 amide bonds. The molecule has 0 aromatic carbocycles. The van der Waals surface area contributed by atoms with Gasteiger partial charge < -0.3 is 10.6 Å². The highest BCUT2D eigenvalue weighted by Crippen LogP contribution is 2.22. The highest BCUT2D eigenvalue weighted by atomic mass is 32.1. The van der Waals surface area contributed by atoms with Crippen molar-refractivity contribution < 1.29 is 0 Å². The number of hydrogen-bond donors (Lipinski definition) is 2. The van der Waals surface area contributed by atoms with Crippen molar-refractivity contribution in [2.75, 3.05) is 0 Å². The summed E-state index contributed by atoms with van der Waals surface area (Å²) >= 11 is 5.09. The lowest BCUT2D eigenvalue weighted by Gasteiger charge is -2.24. The summed E-state index contributed by atoms with van der Waals surface area (Å²) in [5.41, 5.74) is 2.12. The summed E-state index contributed by atoms with van der Waals surface area (Å²) in [4.78, 5) is 0. The van der Waals surface area contributed by atoms with Crippen LogP contribution in [0.25, 0.3) is 0 Å². The fourth-order valence-corrected chi connectivity index (χ4v) is 2.34. The van der Waals surface area contributed by atoms with Gasteiger partial charge >= 0.3 is 0 Å². The summed E-state index contributed by atoms with van der Waals surface area (Å²) in [5.74, 6) is 0.552. The molecule has 98 valence electrons. The second-order valence-corrected chi connectivity index (χ2v) is 5.24. The van der Waals surface area contributed by atoms with Gasteiger partial charge in [-0.15, -0.1) is 0 Å². The molecule has 2 N–H and O–H groups in total. The molecule has 18 heavy (non-hydrogen) atoms. The van der Waals surface area contributed by atoms with Gasteiger partial charge in [0.25, 0.3) is 0 Å². The summed E-state index contributed by atoms with van der Waals surface area (Å²) in [6, 6.07) is 2.19. The largest absolute Gasteiger partial charge is 0.335 e. The van der Waals surface area contributed by atoms with E-state index < -0.39 is 0 Å². The van der Waals surface area contributed by atoms with Crippen molar-refractivity contribution in [1.29, 1.82) is 5.26 Å². The Balaban J connectivity index is 2.65. The predicted octanol–water partition coefficient (Wildman–Crippen LogP) is 3.36. The first kappa shape index (κ1) is 14.7. The molecule has 0 fully saturated rings. The zero-order chi connectivity index (χ0) is 13.5. The Labute approximate surface area is 115 Å². The lowest BCUT2D eigenvalue weighted by Crippen LogP contribution is -2.40. The molecule has 1 rings (SSSR count). The number of allylic oxidation sites excluding steroid dienone is 2. The lowest BCUT2D eigenvalue weighted by molar-refractivity contribution is 0.484. The molecule has 0 aliphatic carbocycles. The number of nitrogens with one attached hydrogen (secondary N) is 2. The van der Waals surface area contributed by atoms with E-state index >= 15 is 0 Å². The van der Waals surface area contributed by atoms with Crippen LogP contribution in [0.1, 0.15) is 46.0 Å². The Kier molecular flexibility index (Phi) is 5.87. The number of nitriles is 1. The molecule has 0 saturated carbocycles. The van der Waals surface area contributed by atoms with Crippen LogP contribution in [-0.4, -0.2) is 5.11 Å². The van der Waals surface area contributed by atoms with Crippen molar-refractivity contribution >= 4 is 17.3 Å². The molecule has 0 aromatic heterocycles. The van der Waals surface area contributed by atoms with Crippen LogP contribution in [0.15, 0.2) is 23.5 Å². The number of unbranched alkanes of at least 4 members (excludes halogenated alkanes) is 2. The molecular weight excluding hydrogens is 242 g/mol. The van der Waals surface area contributed by atoms with Crippen molar-refractivity contribution in [3.05, 3.63) is 23.5 Å². The van der Waals surface area contributed by atoms with Gasteiger partial charge in [0.2, 0.25) is 0 Å². The minimum absolute atomic E-state index is 0.537. The third-order valence-electron chi connectivity index (χ3n) is 3.10. The minimum atomic E-state index is 0.537. The Bertz CT molecular complexity index is 404. The summed E-state index contributed by atoms with van der Waals surface area (Å²) in [5, 5.41) is 15.7. The lowest BCUT2D eigenvalue weighted by atomic mass is 9.95. The second-order valence-electron chi connectivity index (χ2n) is 4.83. The molecule has 0 bridgehead atoms. The van der Waals surface area contributed by atoms with Gasteiger partial charge in [-0.3, -0.25) is 0 Å². The van der Waals surface area contributed by atoms with Crippen LogP contribution in [0.5, 0.6) is 0 Å². The third-order valence-corrected chi connectivity index (χ3v) is 3.30. The fourth-order valence-electron chi connectivity index (χ4n) is 2.09. The van der Waals surface area contributed by atoms with Gasteiger partial charge in [-0.05, 0) is 24.6 Å². The minimum Gasteiger partial charge on any atom is -0.335 e. The van der Waals surface area contributed by atoms with Crippen molar-refractivity contribution in [2.24, 2.45) is 5.92 Å². The summed E-state index contributed by atoms with van der Waals surface area (Å²) in [6.07, 6.45) is 5.80. The molecule has 0 unspecified atom stereocenters. The highest BCUT2D eigenvalue weighted by molar-refractivity contribution is 7.80. The van der Waals surface area contributed by atoms with E-state index in [1.165, 1.54) is 25.7 Å². The molecule has 0 aromatic rings. The van der Waals surface area contributed by atoms with E-state index in [2.05, 4.69) is 37.1 Å². The molecule has 0 radical (unpaired) electrons. The quantitative estimate of drug-likeness (QED) is 0.570. The normalized spacial score (nSPS) is 16.9. The number of thiocarbonyl (C=S) groups is 1. The van der Waals surface area contributed by atoms with Crippen LogP contribution in [0.2, 0.25) is 0 Å². The van der Waals surface area contributed by atoms with Crippen LogP contribution >= 0.6 is 12.2 Å². The maximum absolute atomic E-state index is 9.15. The van der Waals surface area contributed by atoms with Crippen LogP contribution in [0.3, 0.4) is 0 Å². The predicted molar refractivity (Wildman–Crippen MR) is 78.6 cm³/mol. The van der Waals surface area contributed by atoms with Gasteiger partial charge in [-0.25, -0.2) is 0 Å². The van der Waals surface area contributed by atoms with Gasteiger partial charge in [0.15, 0.2) is 5.11 Å². The van der Waals surface area contributed by atoms with E-state index in [0.29, 0.717) is 22.3 Å². The highest BCUT2D eigenvalue weighted by Gasteiger charge is 2.19. The van der Waals surface area contributed by atoms with Crippen molar-refractivity contribution in [1.82, 2.24) is 10.6 Å². The van der Waals surface area contributed by atoms with Crippen molar-refractivity contribution in [2.45, 2.75) is 46.0 Å². The van der Waals surface area contributed by atoms with Crippen LogP contribution < -0.4 is 10.6 Å². The van der Waals surface area contributed by atoms with Crippen LogP contribution in [0.4, 0.5) is 0 Å². The average Bonchev–Trinajstić information content (AvgIpc) is 2.28. The molecule has 1 aliphatic heterocycles.